The van der Waals surface area contributed by atoms with Gasteiger partial charge in [-0.15, -0.1) is 0 Å². The zero-order valence-electron chi connectivity index (χ0n) is 13.3. The molecule has 0 aliphatic heterocycles. The molecule has 0 saturated carbocycles. The lowest BCUT2D eigenvalue weighted by molar-refractivity contribution is 0.0953. The minimum Gasteiger partial charge on any atom is -0.507 e. The maximum atomic E-state index is 12.4. The highest BCUT2D eigenvalue weighted by Gasteiger charge is 2.12. The van der Waals surface area contributed by atoms with Crippen LogP contribution in [0.1, 0.15) is 15.9 Å². The van der Waals surface area contributed by atoms with Gasteiger partial charge in [-0.1, -0.05) is 42.5 Å². The maximum absolute atomic E-state index is 12.4. The molecule has 0 heterocycles. The molecule has 0 saturated heterocycles. The van der Waals surface area contributed by atoms with Gasteiger partial charge in [-0.05, 0) is 36.4 Å². The average Bonchev–Trinajstić information content (AvgIpc) is 2.64. The summed E-state index contributed by atoms with van der Waals surface area (Å²) in [6.45, 7) is 0. The lowest BCUT2D eigenvalue weighted by atomic mass is 10.2. The fourth-order valence-corrected chi connectivity index (χ4v) is 2.18. The molecule has 2 N–H and O–H groups in total. The molecule has 0 atom stereocenters. The summed E-state index contributed by atoms with van der Waals surface area (Å²) < 4.78 is 5.76. The molecule has 0 aromatic heterocycles. The van der Waals surface area contributed by atoms with Crippen LogP contribution in [-0.4, -0.2) is 17.2 Å². The molecule has 0 spiro atoms. The van der Waals surface area contributed by atoms with E-state index in [0.717, 1.165) is 0 Å². The number of carbonyl (C=O) groups is 1. The quantitative estimate of drug-likeness (QED) is 0.549. The molecule has 0 radical (unpaired) electrons. The van der Waals surface area contributed by atoms with Gasteiger partial charge in [0.1, 0.15) is 17.2 Å². The Hall–Kier alpha value is -3.60. The van der Waals surface area contributed by atoms with Crippen molar-refractivity contribution in [3.05, 3.63) is 90.0 Å². The topological polar surface area (TPSA) is 70.9 Å². The predicted molar refractivity (Wildman–Crippen MR) is 96.1 cm³/mol. The summed E-state index contributed by atoms with van der Waals surface area (Å²) in [5, 5.41) is 13.6. The number of benzene rings is 3. The van der Waals surface area contributed by atoms with E-state index >= 15 is 0 Å². The first-order valence-corrected chi connectivity index (χ1v) is 7.67. The number of carbonyl (C=O) groups excluding carboxylic acids is 1. The largest absolute Gasteiger partial charge is 0.507 e. The number of phenolic OH excluding ortho intramolecular Hbond substituents is 1. The number of phenols is 1. The molecule has 0 bridgehead atoms. The molecule has 0 fully saturated rings. The van der Waals surface area contributed by atoms with Gasteiger partial charge in [0.2, 0.25) is 0 Å². The van der Waals surface area contributed by atoms with E-state index in [9.17, 15) is 9.90 Å². The Morgan fingerprint density at radius 3 is 2.40 bits per heavy atom. The van der Waals surface area contributed by atoms with Gasteiger partial charge in [0, 0.05) is 5.56 Å². The van der Waals surface area contributed by atoms with Crippen LogP contribution < -0.4 is 10.2 Å². The van der Waals surface area contributed by atoms with Crippen molar-refractivity contribution in [1.29, 1.82) is 0 Å². The molecule has 5 heteroatoms. The van der Waals surface area contributed by atoms with Crippen molar-refractivity contribution in [3.63, 3.8) is 0 Å². The van der Waals surface area contributed by atoms with Crippen molar-refractivity contribution in [2.24, 2.45) is 5.10 Å². The second kappa shape index (κ2) is 7.79. The molecular weight excluding hydrogens is 316 g/mol. The van der Waals surface area contributed by atoms with E-state index < -0.39 is 5.91 Å². The summed E-state index contributed by atoms with van der Waals surface area (Å²) in [5.41, 5.74) is 3.31. The summed E-state index contributed by atoms with van der Waals surface area (Å²) in [5.74, 6) is 0.760. The number of rotatable bonds is 5. The van der Waals surface area contributed by atoms with Crippen molar-refractivity contribution in [3.8, 4) is 17.2 Å². The van der Waals surface area contributed by atoms with Crippen LogP contribution >= 0.6 is 0 Å². The maximum Gasteiger partial charge on any atom is 0.275 e. The zero-order valence-corrected chi connectivity index (χ0v) is 13.3. The molecule has 3 aromatic rings. The fourth-order valence-electron chi connectivity index (χ4n) is 2.18. The van der Waals surface area contributed by atoms with Gasteiger partial charge < -0.3 is 9.84 Å². The molecule has 1 amide bonds. The van der Waals surface area contributed by atoms with Crippen LogP contribution in [0.15, 0.2) is 84.0 Å². The Bertz CT molecular complexity index is 892. The number of ether oxygens (including phenoxy) is 1. The van der Waals surface area contributed by atoms with E-state index in [1.807, 2.05) is 30.3 Å². The van der Waals surface area contributed by atoms with Gasteiger partial charge in [0.15, 0.2) is 0 Å². The Morgan fingerprint density at radius 2 is 1.60 bits per heavy atom. The van der Waals surface area contributed by atoms with Crippen LogP contribution in [0.2, 0.25) is 0 Å². The number of nitrogens with zero attached hydrogens (tertiary/aromatic N) is 1. The standard InChI is InChI=1S/C20H16N2O3/c23-18-12-6-4-8-15(18)14-21-22-20(24)17-11-5-7-13-19(17)25-16-9-2-1-3-10-16/h1-14,23H,(H,22,24)/b21-14+. The molecule has 0 aliphatic rings. The van der Waals surface area contributed by atoms with Crippen molar-refractivity contribution >= 4 is 12.1 Å². The lowest BCUT2D eigenvalue weighted by Gasteiger charge is -2.09. The van der Waals surface area contributed by atoms with Crippen LogP contribution in [-0.2, 0) is 0 Å². The van der Waals surface area contributed by atoms with Crippen LogP contribution in [0.5, 0.6) is 17.2 Å². The van der Waals surface area contributed by atoms with E-state index in [4.69, 9.17) is 4.74 Å². The first-order chi connectivity index (χ1) is 12.2. The third kappa shape index (κ3) is 4.23. The molecule has 0 unspecified atom stereocenters. The number of nitrogens with one attached hydrogen (secondary N) is 1. The number of amides is 1. The molecule has 25 heavy (non-hydrogen) atoms. The van der Waals surface area contributed by atoms with E-state index in [-0.39, 0.29) is 5.75 Å². The Labute approximate surface area is 145 Å². The smallest absolute Gasteiger partial charge is 0.275 e. The third-order valence-electron chi connectivity index (χ3n) is 3.41. The number of hydrogen-bond donors (Lipinski definition) is 2. The minimum absolute atomic E-state index is 0.0910. The highest BCUT2D eigenvalue weighted by atomic mass is 16.5. The highest BCUT2D eigenvalue weighted by Crippen LogP contribution is 2.24. The SMILES string of the molecule is O=C(N/N=C/c1ccccc1O)c1ccccc1Oc1ccccc1. The number of para-hydroxylation sites is 3. The van der Waals surface area contributed by atoms with E-state index in [2.05, 4.69) is 10.5 Å². The van der Waals surface area contributed by atoms with Crippen molar-refractivity contribution in [2.45, 2.75) is 0 Å². The Balaban J connectivity index is 1.73. The third-order valence-corrected chi connectivity index (χ3v) is 3.41. The van der Waals surface area contributed by atoms with Gasteiger partial charge in [0.25, 0.3) is 5.91 Å². The zero-order chi connectivity index (χ0) is 17.5. The number of aromatic hydroxyl groups is 1. The highest BCUT2D eigenvalue weighted by molar-refractivity contribution is 5.97. The summed E-state index contributed by atoms with van der Waals surface area (Å²) in [7, 11) is 0. The molecule has 3 rings (SSSR count). The lowest BCUT2D eigenvalue weighted by Crippen LogP contribution is -2.18. The first-order valence-electron chi connectivity index (χ1n) is 7.67. The second-order valence-corrected chi connectivity index (χ2v) is 5.17. The van der Waals surface area contributed by atoms with E-state index in [1.165, 1.54) is 6.21 Å². The van der Waals surface area contributed by atoms with Crippen LogP contribution in [0.25, 0.3) is 0 Å². The average molecular weight is 332 g/mol. The Morgan fingerprint density at radius 1 is 0.920 bits per heavy atom. The molecule has 3 aromatic carbocycles. The number of hydrazone groups is 1. The number of hydrogen-bond acceptors (Lipinski definition) is 4. The summed E-state index contributed by atoms with van der Waals surface area (Å²) in [6.07, 6.45) is 1.38. The molecule has 124 valence electrons. The van der Waals surface area contributed by atoms with Crippen molar-refractivity contribution in [2.75, 3.05) is 0 Å². The molecular formula is C20H16N2O3. The molecule has 5 nitrogen and oxygen atoms in total. The van der Waals surface area contributed by atoms with Gasteiger partial charge >= 0.3 is 0 Å². The van der Waals surface area contributed by atoms with Crippen molar-refractivity contribution in [1.82, 2.24) is 5.43 Å². The Kier molecular flexibility index (Phi) is 5.07. The van der Waals surface area contributed by atoms with Gasteiger partial charge in [-0.3, -0.25) is 4.79 Å². The predicted octanol–water partition coefficient (Wildman–Crippen LogP) is 3.95. The van der Waals surface area contributed by atoms with E-state index in [0.29, 0.717) is 22.6 Å². The second-order valence-electron chi connectivity index (χ2n) is 5.17. The van der Waals surface area contributed by atoms with Crippen LogP contribution in [0.4, 0.5) is 0 Å². The minimum atomic E-state index is -0.404. The first kappa shape index (κ1) is 16.3. The van der Waals surface area contributed by atoms with E-state index in [1.54, 1.807) is 48.5 Å². The summed E-state index contributed by atoms with van der Waals surface area (Å²) >= 11 is 0. The van der Waals surface area contributed by atoms with Gasteiger partial charge in [-0.25, -0.2) is 5.43 Å². The van der Waals surface area contributed by atoms with Gasteiger partial charge in [0.05, 0.1) is 11.8 Å². The summed E-state index contributed by atoms with van der Waals surface area (Å²) in [4.78, 5) is 12.4. The van der Waals surface area contributed by atoms with Crippen molar-refractivity contribution < 1.29 is 14.6 Å². The van der Waals surface area contributed by atoms with Gasteiger partial charge in [-0.2, -0.15) is 5.10 Å². The molecule has 0 aliphatic carbocycles. The van der Waals surface area contributed by atoms with Crippen LogP contribution in [0, 0.1) is 0 Å². The monoisotopic (exact) mass is 332 g/mol. The fraction of sp³-hybridized carbons (Fsp3) is 0. The normalized spacial score (nSPS) is 10.6. The summed E-state index contributed by atoms with van der Waals surface area (Å²) in [6, 6.07) is 22.9. The van der Waals surface area contributed by atoms with Crippen LogP contribution in [0.3, 0.4) is 0 Å².